The Morgan fingerprint density at radius 3 is 1.67 bits per heavy atom. The molecule has 3 aromatic rings. The van der Waals surface area contributed by atoms with Crippen molar-refractivity contribution >= 4 is 18.0 Å². The molecule has 0 radical (unpaired) electrons. The quantitative estimate of drug-likeness (QED) is 0.629. The lowest BCUT2D eigenvalue weighted by atomic mass is 10.1. The van der Waals surface area contributed by atoms with E-state index in [4.69, 9.17) is 4.52 Å². The predicted octanol–water partition coefficient (Wildman–Crippen LogP) is 4.75. The molecule has 24 heavy (non-hydrogen) atoms. The lowest BCUT2D eigenvalue weighted by Crippen LogP contribution is -2.18. The van der Waals surface area contributed by atoms with Gasteiger partial charge in [0.2, 0.25) is 0 Å². The number of hydrogen-bond donors (Lipinski definition) is 0. The summed E-state index contributed by atoms with van der Waals surface area (Å²) in [7, 11) is -3.12. The molecule has 0 aliphatic carbocycles. The van der Waals surface area contributed by atoms with E-state index in [1.165, 1.54) is 11.1 Å². The first kappa shape index (κ1) is 16.7. The zero-order valence-electron chi connectivity index (χ0n) is 14.0. The lowest BCUT2D eigenvalue weighted by molar-refractivity contribution is 0.316. The second kappa shape index (κ2) is 7.17. The Hall–Kier alpha value is -2.15. The molecule has 2 nitrogen and oxygen atoms in total. The molecule has 0 aromatic heterocycles. The van der Waals surface area contributed by atoms with Crippen LogP contribution in [0.15, 0.2) is 78.9 Å². The van der Waals surface area contributed by atoms with Crippen molar-refractivity contribution in [2.75, 3.05) is 0 Å². The van der Waals surface area contributed by atoms with Gasteiger partial charge in [-0.1, -0.05) is 65.7 Å². The Kier molecular flexibility index (Phi) is 4.99. The maximum atomic E-state index is 13.7. The molecular formula is C21H21O2P. The summed E-state index contributed by atoms with van der Waals surface area (Å²) in [5, 5.41) is 1.45. The molecule has 0 aliphatic heterocycles. The van der Waals surface area contributed by atoms with Crippen LogP contribution in [0.1, 0.15) is 16.7 Å². The molecule has 3 aromatic carbocycles. The van der Waals surface area contributed by atoms with Crippen LogP contribution in [0, 0.1) is 13.8 Å². The van der Waals surface area contributed by atoms with E-state index < -0.39 is 7.37 Å². The van der Waals surface area contributed by atoms with E-state index in [1.807, 2.05) is 60.7 Å². The van der Waals surface area contributed by atoms with Gasteiger partial charge in [0.1, 0.15) is 0 Å². The average molecular weight is 336 g/mol. The zero-order chi connectivity index (χ0) is 17.0. The van der Waals surface area contributed by atoms with Crippen LogP contribution in [-0.2, 0) is 15.7 Å². The van der Waals surface area contributed by atoms with E-state index in [9.17, 15) is 4.57 Å². The summed E-state index contributed by atoms with van der Waals surface area (Å²) < 4.78 is 19.8. The van der Waals surface area contributed by atoms with Crippen molar-refractivity contribution in [2.24, 2.45) is 0 Å². The van der Waals surface area contributed by atoms with Crippen LogP contribution in [0.4, 0.5) is 0 Å². The van der Waals surface area contributed by atoms with Gasteiger partial charge in [-0.25, -0.2) is 0 Å². The molecule has 3 rings (SSSR count). The molecule has 0 aliphatic rings. The van der Waals surface area contributed by atoms with Crippen LogP contribution < -0.4 is 10.6 Å². The third-order valence-corrected chi connectivity index (χ3v) is 6.34. The minimum absolute atomic E-state index is 0.323. The predicted molar refractivity (Wildman–Crippen MR) is 100 cm³/mol. The Balaban J connectivity index is 1.96. The second-order valence-corrected chi connectivity index (χ2v) is 8.39. The van der Waals surface area contributed by atoms with Gasteiger partial charge in [-0.15, -0.1) is 0 Å². The first-order chi connectivity index (χ1) is 11.6. The maximum Gasteiger partial charge on any atom is 0.261 e. The highest BCUT2D eigenvalue weighted by Gasteiger charge is 2.28. The summed E-state index contributed by atoms with van der Waals surface area (Å²) in [6, 6.07) is 25.2. The van der Waals surface area contributed by atoms with Crippen molar-refractivity contribution < 1.29 is 9.09 Å². The standard InChI is InChI=1S/C21H21O2P/c1-17-13-18(2)15-19(14-17)16-23-24(22,20-9-5-3-6-10-20)21-11-7-4-8-12-21/h3-15H,16H2,1-2H3. The van der Waals surface area contributed by atoms with Gasteiger partial charge in [0, 0.05) is 10.6 Å². The minimum Gasteiger partial charge on any atom is -0.317 e. The van der Waals surface area contributed by atoms with E-state index >= 15 is 0 Å². The van der Waals surface area contributed by atoms with Gasteiger partial charge in [0.15, 0.2) is 0 Å². The molecule has 0 bridgehead atoms. The molecule has 3 heteroatoms. The number of benzene rings is 3. The van der Waals surface area contributed by atoms with Crippen LogP contribution in [0.3, 0.4) is 0 Å². The monoisotopic (exact) mass is 336 g/mol. The van der Waals surface area contributed by atoms with Crippen molar-refractivity contribution in [3.63, 3.8) is 0 Å². The highest BCUT2D eigenvalue weighted by atomic mass is 31.2. The van der Waals surface area contributed by atoms with Crippen molar-refractivity contribution in [1.29, 1.82) is 0 Å². The van der Waals surface area contributed by atoms with E-state index in [0.29, 0.717) is 6.61 Å². The molecule has 0 spiro atoms. The van der Waals surface area contributed by atoms with Crippen LogP contribution >= 0.6 is 7.37 Å². The van der Waals surface area contributed by atoms with E-state index in [1.54, 1.807) is 0 Å². The first-order valence-electron chi connectivity index (χ1n) is 8.01. The fourth-order valence-corrected chi connectivity index (χ4v) is 4.92. The first-order valence-corrected chi connectivity index (χ1v) is 9.63. The van der Waals surface area contributed by atoms with Crippen LogP contribution in [0.25, 0.3) is 0 Å². The minimum atomic E-state index is -3.12. The van der Waals surface area contributed by atoms with Crippen molar-refractivity contribution in [3.8, 4) is 0 Å². The molecule has 0 fully saturated rings. The molecule has 122 valence electrons. The highest BCUT2D eigenvalue weighted by Crippen LogP contribution is 2.45. The summed E-state index contributed by atoms with van der Waals surface area (Å²) in [6.07, 6.45) is 0. The smallest absolute Gasteiger partial charge is 0.261 e. The third-order valence-electron chi connectivity index (χ3n) is 3.89. The number of aryl methyl sites for hydroxylation is 2. The molecule has 0 unspecified atom stereocenters. The molecule has 0 heterocycles. The fourth-order valence-electron chi connectivity index (χ4n) is 2.86. The molecule has 0 amide bonds. The Morgan fingerprint density at radius 1 is 0.750 bits per heavy atom. The van der Waals surface area contributed by atoms with Gasteiger partial charge in [-0.05, 0) is 43.7 Å². The SMILES string of the molecule is Cc1cc(C)cc(COP(=O)(c2ccccc2)c2ccccc2)c1. The normalized spacial score (nSPS) is 11.4. The van der Waals surface area contributed by atoms with E-state index in [2.05, 4.69) is 32.0 Å². The summed E-state index contributed by atoms with van der Waals surface area (Å²) in [5.41, 5.74) is 3.41. The lowest BCUT2D eigenvalue weighted by Gasteiger charge is -2.20. The fraction of sp³-hybridized carbons (Fsp3) is 0.143. The number of hydrogen-bond acceptors (Lipinski definition) is 2. The number of rotatable bonds is 5. The topological polar surface area (TPSA) is 26.3 Å². The highest BCUT2D eigenvalue weighted by molar-refractivity contribution is 7.74. The Labute approximate surface area is 143 Å². The van der Waals surface area contributed by atoms with Gasteiger partial charge < -0.3 is 4.52 Å². The summed E-state index contributed by atoms with van der Waals surface area (Å²) in [6.45, 7) is 4.44. The van der Waals surface area contributed by atoms with Gasteiger partial charge in [0.05, 0.1) is 6.61 Å². The van der Waals surface area contributed by atoms with Crippen LogP contribution in [0.2, 0.25) is 0 Å². The molecule has 0 N–H and O–H groups in total. The molecular weight excluding hydrogens is 315 g/mol. The van der Waals surface area contributed by atoms with E-state index in [0.717, 1.165) is 16.2 Å². The molecule has 0 atom stereocenters. The Bertz CT molecular complexity index is 794. The Morgan fingerprint density at radius 2 is 1.21 bits per heavy atom. The maximum absolute atomic E-state index is 13.7. The van der Waals surface area contributed by atoms with Gasteiger partial charge >= 0.3 is 0 Å². The second-order valence-electron chi connectivity index (χ2n) is 5.99. The summed E-state index contributed by atoms with van der Waals surface area (Å²) >= 11 is 0. The van der Waals surface area contributed by atoms with Gasteiger partial charge in [-0.3, -0.25) is 4.57 Å². The van der Waals surface area contributed by atoms with Gasteiger partial charge in [-0.2, -0.15) is 0 Å². The third kappa shape index (κ3) is 3.67. The zero-order valence-corrected chi connectivity index (χ0v) is 14.9. The largest absolute Gasteiger partial charge is 0.317 e. The summed E-state index contributed by atoms with van der Waals surface area (Å²) in [5.74, 6) is 0. The average Bonchev–Trinajstić information content (AvgIpc) is 2.60. The molecule has 0 saturated carbocycles. The van der Waals surface area contributed by atoms with E-state index in [-0.39, 0.29) is 0 Å². The van der Waals surface area contributed by atoms with Crippen LogP contribution in [0.5, 0.6) is 0 Å². The molecule has 0 saturated heterocycles. The van der Waals surface area contributed by atoms with Crippen molar-refractivity contribution in [1.82, 2.24) is 0 Å². The van der Waals surface area contributed by atoms with Gasteiger partial charge in [0.25, 0.3) is 7.37 Å². The van der Waals surface area contributed by atoms with Crippen LogP contribution in [-0.4, -0.2) is 0 Å². The van der Waals surface area contributed by atoms with Crippen molar-refractivity contribution in [3.05, 3.63) is 95.6 Å². The summed E-state index contributed by atoms with van der Waals surface area (Å²) in [4.78, 5) is 0. The van der Waals surface area contributed by atoms with Crippen molar-refractivity contribution in [2.45, 2.75) is 20.5 Å².